The van der Waals surface area contributed by atoms with Gasteiger partial charge in [0.25, 0.3) is 5.91 Å². The summed E-state index contributed by atoms with van der Waals surface area (Å²) in [5.74, 6) is 0.638. The van der Waals surface area contributed by atoms with Gasteiger partial charge in [0.2, 0.25) is 0 Å². The average molecular weight is 341 g/mol. The molecule has 1 aromatic carbocycles. The molecule has 1 aliphatic heterocycles. The molecule has 1 saturated heterocycles. The summed E-state index contributed by atoms with van der Waals surface area (Å²) in [5.41, 5.74) is 0. The number of rotatable bonds is 6. The third kappa shape index (κ3) is 4.49. The number of nitrogens with one attached hydrogen (secondary N) is 1. The zero-order chi connectivity index (χ0) is 14.4. The normalized spacial score (nSPS) is 19.0. The molecule has 0 saturated carbocycles. The third-order valence-corrected chi connectivity index (χ3v) is 4.10. The zero-order valence-electron chi connectivity index (χ0n) is 11.8. The van der Waals surface area contributed by atoms with E-state index in [9.17, 15) is 4.79 Å². The van der Waals surface area contributed by atoms with Crippen LogP contribution in [0.2, 0.25) is 0 Å². The maximum Gasteiger partial charge on any atom is 0.257 e. The van der Waals surface area contributed by atoms with Crippen molar-refractivity contribution in [3.05, 3.63) is 28.7 Å². The van der Waals surface area contributed by atoms with Crippen molar-refractivity contribution in [1.29, 1.82) is 0 Å². The van der Waals surface area contributed by atoms with Crippen LogP contribution in [0, 0.1) is 0 Å². The number of ether oxygens (including phenoxy) is 1. The first-order valence-electron chi connectivity index (χ1n) is 7.08. The minimum absolute atomic E-state index is 0.0621. The molecule has 1 fully saturated rings. The van der Waals surface area contributed by atoms with Crippen molar-refractivity contribution >= 4 is 21.8 Å². The number of benzene rings is 1. The molecule has 0 spiro atoms. The quantitative estimate of drug-likeness (QED) is 0.864. The Kier molecular flexibility index (Phi) is 5.86. The number of likely N-dealkylation sites (tertiary alicyclic amines) is 1. The van der Waals surface area contributed by atoms with Crippen LogP contribution in [0.5, 0.6) is 5.75 Å². The predicted molar refractivity (Wildman–Crippen MR) is 82.9 cm³/mol. The molecule has 1 N–H and O–H groups in total. The van der Waals surface area contributed by atoms with Crippen molar-refractivity contribution in [2.75, 3.05) is 26.2 Å². The highest BCUT2D eigenvalue weighted by Crippen LogP contribution is 2.18. The van der Waals surface area contributed by atoms with Crippen molar-refractivity contribution < 1.29 is 9.53 Å². The number of nitrogens with zero attached hydrogens (tertiary/aromatic N) is 1. The van der Waals surface area contributed by atoms with E-state index in [1.807, 2.05) is 24.3 Å². The second-order valence-corrected chi connectivity index (χ2v) is 5.89. The first-order valence-corrected chi connectivity index (χ1v) is 7.87. The number of hydrogen-bond acceptors (Lipinski definition) is 3. The lowest BCUT2D eigenvalue weighted by atomic mass is 10.2. The maximum atomic E-state index is 11.8. The smallest absolute Gasteiger partial charge is 0.257 e. The Morgan fingerprint density at radius 1 is 1.55 bits per heavy atom. The molecule has 0 aliphatic carbocycles. The van der Waals surface area contributed by atoms with E-state index >= 15 is 0 Å². The van der Waals surface area contributed by atoms with E-state index in [-0.39, 0.29) is 12.5 Å². The van der Waals surface area contributed by atoms with Crippen LogP contribution in [0.15, 0.2) is 28.7 Å². The number of carbonyl (C=O) groups excluding carboxylic acids is 1. The molecule has 1 aliphatic rings. The first-order chi connectivity index (χ1) is 9.69. The number of amides is 1. The van der Waals surface area contributed by atoms with Crippen LogP contribution >= 0.6 is 15.9 Å². The van der Waals surface area contributed by atoms with Gasteiger partial charge in [0, 0.05) is 17.1 Å². The molecule has 0 bridgehead atoms. The lowest BCUT2D eigenvalue weighted by Gasteiger charge is -2.22. The van der Waals surface area contributed by atoms with Gasteiger partial charge in [-0.25, -0.2) is 0 Å². The Morgan fingerprint density at radius 2 is 2.40 bits per heavy atom. The highest BCUT2D eigenvalue weighted by Gasteiger charge is 2.23. The van der Waals surface area contributed by atoms with Gasteiger partial charge in [0.05, 0.1) is 0 Å². The Labute approximate surface area is 128 Å². The van der Waals surface area contributed by atoms with Gasteiger partial charge in [-0.1, -0.05) is 28.9 Å². The fourth-order valence-corrected chi connectivity index (χ4v) is 2.91. The molecule has 2 rings (SSSR count). The highest BCUT2D eigenvalue weighted by atomic mass is 79.9. The summed E-state index contributed by atoms with van der Waals surface area (Å²) in [7, 11) is 0. The number of likely N-dealkylation sites (N-methyl/N-ethyl adjacent to an activating group) is 1. The van der Waals surface area contributed by atoms with Gasteiger partial charge in [-0.15, -0.1) is 0 Å². The molecule has 1 atom stereocenters. The Hall–Kier alpha value is -1.07. The second kappa shape index (κ2) is 7.64. The monoisotopic (exact) mass is 340 g/mol. The summed E-state index contributed by atoms with van der Waals surface area (Å²) in [5, 5.41) is 2.96. The molecule has 0 aromatic heterocycles. The van der Waals surface area contributed by atoms with Crippen molar-refractivity contribution in [3.8, 4) is 5.75 Å². The summed E-state index contributed by atoms with van der Waals surface area (Å²) >= 11 is 3.37. The zero-order valence-corrected chi connectivity index (χ0v) is 13.4. The topological polar surface area (TPSA) is 41.6 Å². The van der Waals surface area contributed by atoms with Crippen LogP contribution in [0.3, 0.4) is 0 Å². The van der Waals surface area contributed by atoms with Crippen molar-refractivity contribution in [2.45, 2.75) is 25.8 Å². The van der Waals surface area contributed by atoms with Crippen molar-refractivity contribution in [1.82, 2.24) is 10.2 Å². The molecule has 110 valence electrons. The fraction of sp³-hybridized carbons (Fsp3) is 0.533. The standard InChI is InChI=1S/C15H21BrN2O2/c1-2-18-8-4-6-13(18)10-17-15(19)11-20-14-7-3-5-12(16)9-14/h3,5,7,9,13H,2,4,6,8,10-11H2,1H3,(H,17,19)/t13-/m1/s1. The molecule has 1 heterocycles. The number of hydrogen-bond donors (Lipinski definition) is 1. The Balaban J connectivity index is 1.70. The van der Waals surface area contributed by atoms with Crippen LogP contribution in [-0.4, -0.2) is 43.1 Å². The molecule has 20 heavy (non-hydrogen) atoms. The van der Waals surface area contributed by atoms with E-state index in [2.05, 4.69) is 33.1 Å². The van der Waals surface area contributed by atoms with Crippen LogP contribution in [0.1, 0.15) is 19.8 Å². The molecular formula is C15H21BrN2O2. The van der Waals surface area contributed by atoms with Gasteiger partial charge >= 0.3 is 0 Å². The van der Waals surface area contributed by atoms with Gasteiger partial charge in [-0.2, -0.15) is 0 Å². The predicted octanol–water partition coefficient (Wildman–Crippen LogP) is 2.43. The highest BCUT2D eigenvalue weighted by molar-refractivity contribution is 9.10. The Bertz CT molecular complexity index is 453. The molecule has 5 heteroatoms. The lowest BCUT2D eigenvalue weighted by molar-refractivity contribution is -0.123. The average Bonchev–Trinajstić information content (AvgIpc) is 2.90. The maximum absolute atomic E-state index is 11.8. The largest absolute Gasteiger partial charge is 0.484 e. The summed E-state index contributed by atoms with van der Waals surface area (Å²) in [6.07, 6.45) is 2.39. The molecule has 4 nitrogen and oxygen atoms in total. The van der Waals surface area contributed by atoms with Crippen LogP contribution < -0.4 is 10.1 Å². The Morgan fingerprint density at radius 3 is 3.15 bits per heavy atom. The summed E-state index contributed by atoms with van der Waals surface area (Å²) < 4.78 is 6.41. The van der Waals surface area contributed by atoms with E-state index in [1.165, 1.54) is 12.8 Å². The van der Waals surface area contributed by atoms with Crippen LogP contribution in [0.25, 0.3) is 0 Å². The van der Waals surface area contributed by atoms with E-state index in [0.29, 0.717) is 18.3 Å². The molecular weight excluding hydrogens is 320 g/mol. The summed E-state index contributed by atoms with van der Waals surface area (Å²) in [4.78, 5) is 14.2. The number of halogens is 1. The van der Waals surface area contributed by atoms with Gasteiger partial charge < -0.3 is 10.1 Å². The van der Waals surface area contributed by atoms with Gasteiger partial charge in [0.1, 0.15) is 5.75 Å². The van der Waals surface area contributed by atoms with E-state index < -0.39 is 0 Å². The third-order valence-electron chi connectivity index (χ3n) is 3.61. The SMILES string of the molecule is CCN1CCC[C@@H]1CNC(=O)COc1cccc(Br)c1. The minimum atomic E-state index is -0.0621. The van der Waals surface area contributed by atoms with Gasteiger partial charge in [0.15, 0.2) is 6.61 Å². The van der Waals surface area contributed by atoms with Crippen molar-refractivity contribution in [3.63, 3.8) is 0 Å². The van der Waals surface area contributed by atoms with Crippen molar-refractivity contribution in [2.24, 2.45) is 0 Å². The van der Waals surface area contributed by atoms with Gasteiger partial charge in [-0.05, 0) is 44.1 Å². The summed E-state index contributed by atoms with van der Waals surface area (Å²) in [6.45, 7) is 5.14. The van der Waals surface area contributed by atoms with Crippen LogP contribution in [-0.2, 0) is 4.79 Å². The molecule has 1 amide bonds. The molecule has 1 aromatic rings. The lowest BCUT2D eigenvalue weighted by Crippen LogP contribution is -2.41. The molecule has 0 radical (unpaired) electrons. The second-order valence-electron chi connectivity index (χ2n) is 4.97. The van der Waals surface area contributed by atoms with E-state index in [0.717, 1.165) is 17.6 Å². The number of carbonyl (C=O) groups is 1. The first kappa shape index (κ1) is 15.3. The van der Waals surface area contributed by atoms with E-state index in [4.69, 9.17) is 4.74 Å². The molecule has 0 unspecified atom stereocenters. The summed E-state index contributed by atoms with van der Waals surface area (Å²) in [6, 6.07) is 7.98. The minimum Gasteiger partial charge on any atom is -0.484 e. The van der Waals surface area contributed by atoms with E-state index in [1.54, 1.807) is 0 Å². The van der Waals surface area contributed by atoms with Crippen LogP contribution in [0.4, 0.5) is 0 Å². The fourth-order valence-electron chi connectivity index (χ4n) is 2.53. The van der Waals surface area contributed by atoms with Gasteiger partial charge in [-0.3, -0.25) is 9.69 Å².